The molecule has 1 unspecified atom stereocenters. The summed E-state index contributed by atoms with van der Waals surface area (Å²) < 4.78 is 16.9. The van der Waals surface area contributed by atoms with Crippen molar-refractivity contribution in [1.82, 2.24) is 0 Å². The number of hydrogen-bond acceptors (Lipinski definition) is 6. The lowest BCUT2D eigenvalue weighted by Crippen LogP contribution is -2.30. The first-order chi connectivity index (χ1) is 32.5. The molecular weight excluding hydrogens is 817 g/mol. The largest absolute Gasteiger partial charge is 0.462 e. The van der Waals surface area contributed by atoms with Crippen molar-refractivity contribution < 1.29 is 28.6 Å². The Bertz CT molecular complexity index is 1110. The van der Waals surface area contributed by atoms with Crippen LogP contribution in [0.25, 0.3) is 0 Å². The first-order valence-corrected chi connectivity index (χ1v) is 29.0. The summed E-state index contributed by atoms with van der Waals surface area (Å²) in [7, 11) is 0. The summed E-state index contributed by atoms with van der Waals surface area (Å²) in [6.07, 6.45) is 65.6. The molecule has 0 aliphatic carbocycles. The first kappa shape index (κ1) is 63.6. The molecule has 66 heavy (non-hydrogen) atoms. The molecule has 0 N–H and O–H groups in total. The maximum Gasteiger partial charge on any atom is 0.306 e. The van der Waals surface area contributed by atoms with Crippen molar-refractivity contribution in [3.05, 3.63) is 36.5 Å². The third-order valence-electron chi connectivity index (χ3n) is 12.8. The topological polar surface area (TPSA) is 78.9 Å². The number of hydrogen-bond donors (Lipinski definition) is 0. The van der Waals surface area contributed by atoms with Crippen molar-refractivity contribution in [2.24, 2.45) is 0 Å². The van der Waals surface area contributed by atoms with E-state index in [1.165, 1.54) is 199 Å². The minimum atomic E-state index is -0.780. The minimum absolute atomic E-state index is 0.0787. The van der Waals surface area contributed by atoms with Gasteiger partial charge in [-0.25, -0.2) is 0 Å². The van der Waals surface area contributed by atoms with Crippen molar-refractivity contribution in [2.45, 2.75) is 316 Å². The molecule has 0 aromatic heterocycles. The fourth-order valence-corrected chi connectivity index (χ4v) is 8.43. The van der Waals surface area contributed by atoms with Gasteiger partial charge in [0.1, 0.15) is 13.2 Å². The predicted molar refractivity (Wildman–Crippen MR) is 284 cm³/mol. The van der Waals surface area contributed by atoms with Gasteiger partial charge >= 0.3 is 17.9 Å². The number of allylic oxidation sites excluding steroid dienone is 6. The van der Waals surface area contributed by atoms with Crippen LogP contribution in [-0.4, -0.2) is 37.2 Å². The molecule has 0 aromatic carbocycles. The molecule has 0 heterocycles. The third kappa shape index (κ3) is 52.6. The van der Waals surface area contributed by atoms with Gasteiger partial charge in [-0.3, -0.25) is 14.4 Å². The fraction of sp³-hybridized carbons (Fsp3) is 0.850. The quantitative estimate of drug-likeness (QED) is 0.0262. The van der Waals surface area contributed by atoms with E-state index in [0.29, 0.717) is 19.3 Å². The van der Waals surface area contributed by atoms with Crippen LogP contribution in [0.2, 0.25) is 0 Å². The number of carbonyl (C=O) groups is 3. The van der Waals surface area contributed by atoms with E-state index in [0.717, 1.165) is 70.6 Å². The summed E-state index contributed by atoms with van der Waals surface area (Å²) in [4.78, 5) is 38.1. The molecule has 0 fully saturated rings. The van der Waals surface area contributed by atoms with Crippen molar-refractivity contribution in [2.75, 3.05) is 13.2 Å². The summed E-state index contributed by atoms with van der Waals surface area (Å²) in [5, 5.41) is 0. The zero-order valence-corrected chi connectivity index (χ0v) is 44.2. The zero-order chi connectivity index (χ0) is 47.9. The van der Waals surface area contributed by atoms with Crippen molar-refractivity contribution >= 4 is 17.9 Å². The summed E-state index contributed by atoms with van der Waals surface area (Å²) in [5.74, 6) is -0.889. The van der Waals surface area contributed by atoms with Crippen LogP contribution in [0.4, 0.5) is 0 Å². The number of esters is 3. The monoisotopic (exact) mass is 927 g/mol. The van der Waals surface area contributed by atoms with Crippen molar-refractivity contribution in [3.63, 3.8) is 0 Å². The maximum absolute atomic E-state index is 12.8. The second-order valence-corrected chi connectivity index (χ2v) is 19.5. The first-order valence-electron chi connectivity index (χ1n) is 29.0. The van der Waals surface area contributed by atoms with Crippen LogP contribution in [0.15, 0.2) is 36.5 Å². The van der Waals surface area contributed by atoms with Crippen LogP contribution in [-0.2, 0) is 28.6 Å². The fourth-order valence-electron chi connectivity index (χ4n) is 8.43. The smallest absolute Gasteiger partial charge is 0.306 e. The second-order valence-electron chi connectivity index (χ2n) is 19.5. The molecular formula is C60H110O6. The SMILES string of the molecule is CCCCCC/C=C\CCCCCCCCCC(=O)OC(COC(=O)CCCCC/C=C\CCCCCCCCC)COC(=O)CCCCCCCCC/C=C\CCCCCCCCCC. The average molecular weight is 928 g/mol. The van der Waals surface area contributed by atoms with Gasteiger partial charge in [0.05, 0.1) is 0 Å². The van der Waals surface area contributed by atoms with E-state index < -0.39 is 6.10 Å². The lowest BCUT2D eigenvalue weighted by Gasteiger charge is -2.18. The Hall–Kier alpha value is -2.37. The summed E-state index contributed by atoms with van der Waals surface area (Å²) in [5.41, 5.74) is 0. The molecule has 6 nitrogen and oxygen atoms in total. The Morgan fingerprint density at radius 2 is 0.500 bits per heavy atom. The lowest BCUT2D eigenvalue weighted by molar-refractivity contribution is -0.167. The lowest BCUT2D eigenvalue weighted by atomic mass is 10.1. The molecule has 0 saturated carbocycles. The van der Waals surface area contributed by atoms with E-state index in [-0.39, 0.29) is 31.1 Å². The Labute approximate surface area is 410 Å². The Morgan fingerprint density at radius 3 is 0.788 bits per heavy atom. The summed E-state index contributed by atoms with van der Waals surface area (Å²) in [6, 6.07) is 0. The zero-order valence-electron chi connectivity index (χ0n) is 44.2. The van der Waals surface area contributed by atoms with Gasteiger partial charge in [-0.05, 0) is 96.3 Å². The van der Waals surface area contributed by atoms with E-state index in [9.17, 15) is 14.4 Å². The number of carbonyl (C=O) groups excluding carboxylic acids is 3. The van der Waals surface area contributed by atoms with Crippen molar-refractivity contribution in [1.29, 1.82) is 0 Å². The van der Waals surface area contributed by atoms with E-state index in [4.69, 9.17) is 14.2 Å². The van der Waals surface area contributed by atoms with Gasteiger partial charge in [0.15, 0.2) is 6.10 Å². The highest BCUT2D eigenvalue weighted by atomic mass is 16.6. The van der Waals surface area contributed by atoms with Gasteiger partial charge in [-0.2, -0.15) is 0 Å². The molecule has 0 aromatic rings. The van der Waals surface area contributed by atoms with E-state index in [2.05, 4.69) is 57.2 Å². The maximum atomic E-state index is 12.8. The third-order valence-corrected chi connectivity index (χ3v) is 12.8. The second kappa shape index (κ2) is 55.2. The molecule has 0 aliphatic heterocycles. The van der Waals surface area contributed by atoms with E-state index in [1.54, 1.807) is 0 Å². The van der Waals surface area contributed by atoms with Gasteiger partial charge in [-0.15, -0.1) is 0 Å². The Kier molecular flexibility index (Phi) is 53.2. The number of rotatable bonds is 53. The van der Waals surface area contributed by atoms with Gasteiger partial charge < -0.3 is 14.2 Å². The minimum Gasteiger partial charge on any atom is -0.462 e. The van der Waals surface area contributed by atoms with Crippen LogP contribution < -0.4 is 0 Å². The Morgan fingerprint density at radius 1 is 0.288 bits per heavy atom. The highest BCUT2D eigenvalue weighted by Gasteiger charge is 2.19. The van der Waals surface area contributed by atoms with Crippen LogP contribution in [0.1, 0.15) is 310 Å². The number of ether oxygens (including phenoxy) is 3. The van der Waals surface area contributed by atoms with Gasteiger partial charge in [0.25, 0.3) is 0 Å². The highest BCUT2D eigenvalue weighted by Crippen LogP contribution is 2.15. The standard InChI is InChI=1S/C60H110O6/c1-4-7-10-13-16-19-22-25-28-29-30-31-33-35-38-41-44-47-50-53-59(62)65-56-57(55-64-58(61)52-49-46-43-40-37-34-27-24-21-18-15-12-9-6-3)66-60(63)54-51-48-45-42-39-36-32-26-23-20-17-14-11-8-5-2/h20,23,29-30,34,37,57H,4-19,21-22,24-28,31-33,35-36,38-56H2,1-3H3/b23-20-,30-29-,37-34-. The van der Waals surface area contributed by atoms with Gasteiger partial charge in [-0.1, -0.05) is 231 Å². The van der Waals surface area contributed by atoms with Gasteiger partial charge in [0, 0.05) is 19.3 Å². The molecule has 0 bridgehead atoms. The number of unbranched alkanes of at least 4 members (excludes halogenated alkanes) is 36. The molecule has 0 saturated heterocycles. The van der Waals surface area contributed by atoms with E-state index in [1.807, 2.05) is 0 Å². The molecule has 0 rings (SSSR count). The molecule has 6 heteroatoms. The van der Waals surface area contributed by atoms with Crippen LogP contribution >= 0.6 is 0 Å². The molecule has 0 amide bonds. The van der Waals surface area contributed by atoms with Crippen LogP contribution in [0.3, 0.4) is 0 Å². The average Bonchev–Trinajstić information content (AvgIpc) is 3.31. The predicted octanol–water partition coefficient (Wildman–Crippen LogP) is 19.3. The molecule has 1 atom stereocenters. The Balaban J connectivity index is 4.35. The highest BCUT2D eigenvalue weighted by molar-refractivity contribution is 5.71. The van der Waals surface area contributed by atoms with Crippen LogP contribution in [0, 0.1) is 0 Å². The normalized spacial score (nSPS) is 12.2. The molecule has 0 spiro atoms. The van der Waals surface area contributed by atoms with Crippen LogP contribution in [0.5, 0.6) is 0 Å². The molecule has 0 radical (unpaired) electrons. The van der Waals surface area contributed by atoms with Gasteiger partial charge in [0.2, 0.25) is 0 Å². The molecule has 0 aliphatic rings. The van der Waals surface area contributed by atoms with Crippen molar-refractivity contribution in [3.8, 4) is 0 Å². The van der Waals surface area contributed by atoms with E-state index >= 15 is 0 Å². The summed E-state index contributed by atoms with van der Waals surface area (Å²) in [6.45, 7) is 6.64. The molecule has 386 valence electrons. The summed E-state index contributed by atoms with van der Waals surface area (Å²) >= 11 is 0.